The number of rotatable bonds is 8. The van der Waals surface area contributed by atoms with Gasteiger partial charge in [-0.25, -0.2) is 22.6 Å². The van der Waals surface area contributed by atoms with Gasteiger partial charge in [0.05, 0.1) is 16.8 Å². The maximum Gasteiger partial charge on any atom is 0.437 e. The van der Waals surface area contributed by atoms with E-state index in [0.717, 1.165) is 17.8 Å². The van der Waals surface area contributed by atoms with E-state index >= 15 is 0 Å². The van der Waals surface area contributed by atoms with Crippen molar-refractivity contribution in [2.75, 3.05) is 17.6 Å². The molecule has 0 spiro atoms. The number of benzene rings is 3. The van der Waals surface area contributed by atoms with Crippen LogP contribution in [0.3, 0.4) is 0 Å². The lowest BCUT2D eigenvalue weighted by molar-refractivity contribution is -0.143. The Morgan fingerprint density at radius 2 is 1.74 bits per heavy atom. The van der Waals surface area contributed by atoms with E-state index < -0.39 is 33.7 Å². The summed E-state index contributed by atoms with van der Waals surface area (Å²) in [5.74, 6) is -0.844. The number of hydrogen-bond donors (Lipinski definition) is 3. The number of alkyl halides is 3. The first kappa shape index (κ1) is 28.0. The van der Waals surface area contributed by atoms with Gasteiger partial charge in [-0.15, -0.1) is 0 Å². The molecule has 204 valence electrons. The molecule has 0 saturated heterocycles. The molecule has 0 aliphatic carbocycles. The zero-order chi connectivity index (χ0) is 28.2. The fourth-order valence-electron chi connectivity index (χ4n) is 3.53. The lowest BCUT2D eigenvalue weighted by atomic mass is 10.1. The molecule has 1 amide bonds. The highest BCUT2D eigenvalue weighted by Gasteiger charge is 2.40. The SMILES string of the molecule is Nc1ccc(CCNS(=O)(=O)c2cccc(NC(=O)Oc3cnn(-c4ccc(Cl)cc4)c3C(F)(F)F)c2)cc1. The summed E-state index contributed by atoms with van der Waals surface area (Å²) in [4.78, 5) is 12.3. The molecule has 0 atom stereocenters. The highest BCUT2D eigenvalue weighted by atomic mass is 35.5. The zero-order valence-electron chi connectivity index (χ0n) is 19.9. The Kier molecular flexibility index (Phi) is 8.14. The molecular weight excluding hydrogens is 559 g/mol. The van der Waals surface area contributed by atoms with Crippen LogP contribution in [0, 0.1) is 0 Å². The van der Waals surface area contributed by atoms with Gasteiger partial charge in [0, 0.05) is 22.9 Å². The van der Waals surface area contributed by atoms with E-state index in [1.807, 2.05) is 0 Å². The number of carbonyl (C=O) groups is 1. The minimum absolute atomic E-state index is 0.0138. The maximum atomic E-state index is 13.8. The van der Waals surface area contributed by atoms with Crippen molar-refractivity contribution in [2.24, 2.45) is 0 Å². The minimum Gasteiger partial charge on any atom is -0.406 e. The quantitative estimate of drug-likeness (QED) is 0.244. The Hall–Kier alpha value is -4.07. The van der Waals surface area contributed by atoms with Gasteiger partial charge in [0.2, 0.25) is 10.0 Å². The molecule has 9 nitrogen and oxygen atoms in total. The van der Waals surface area contributed by atoms with Gasteiger partial charge >= 0.3 is 12.3 Å². The fourth-order valence-corrected chi connectivity index (χ4v) is 4.73. The monoisotopic (exact) mass is 579 g/mol. The van der Waals surface area contributed by atoms with Crippen LogP contribution in [0.2, 0.25) is 5.02 Å². The van der Waals surface area contributed by atoms with Crippen LogP contribution in [0.4, 0.5) is 29.3 Å². The topological polar surface area (TPSA) is 128 Å². The molecule has 0 bridgehead atoms. The molecule has 4 rings (SSSR count). The van der Waals surface area contributed by atoms with Gasteiger partial charge in [-0.3, -0.25) is 5.32 Å². The van der Waals surface area contributed by atoms with Crippen LogP contribution in [0.25, 0.3) is 5.69 Å². The number of nitrogen functional groups attached to an aromatic ring is 1. The zero-order valence-corrected chi connectivity index (χ0v) is 21.5. The molecular formula is C25H21ClF3N5O4S. The second-order valence-corrected chi connectivity index (χ2v) is 10.4. The number of amides is 1. The summed E-state index contributed by atoms with van der Waals surface area (Å²) in [6.45, 7) is 0.101. The fraction of sp³-hybridized carbons (Fsp3) is 0.120. The Morgan fingerprint density at radius 3 is 2.41 bits per heavy atom. The number of nitrogens with two attached hydrogens (primary N) is 1. The standard InChI is InChI=1S/C25H21ClF3N5O4S/c26-17-6-10-20(11-7-17)34-23(25(27,28)29)22(15-31-34)38-24(35)33-19-2-1-3-21(14-19)39(36,37)32-13-12-16-4-8-18(30)9-5-16/h1-11,14-15,32H,12-13,30H2,(H,33,35). The molecule has 0 aliphatic rings. The third-order valence-corrected chi connectivity index (χ3v) is 7.06. The number of ether oxygens (including phenoxy) is 1. The van der Waals surface area contributed by atoms with Crippen LogP contribution in [-0.2, 0) is 22.6 Å². The van der Waals surface area contributed by atoms with Crippen molar-refractivity contribution in [3.63, 3.8) is 0 Å². The van der Waals surface area contributed by atoms with Gasteiger partial charge < -0.3 is 10.5 Å². The largest absolute Gasteiger partial charge is 0.437 e. The Bertz CT molecular complexity index is 1570. The summed E-state index contributed by atoms with van der Waals surface area (Å²) >= 11 is 5.80. The average molecular weight is 580 g/mol. The number of carbonyl (C=O) groups excluding carboxylic acids is 1. The van der Waals surface area contributed by atoms with Crippen LogP contribution in [0.15, 0.2) is 83.9 Å². The number of nitrogens with one attached hydrogen (secondary N) is 2. The summed E-state index contributed by atoms with van der Waals surface area (Å²) in [6, 6.07) is 17.6. The summed E-state index contributed by atoms with van der Waals surface area (Å²) in [7, 11) is -3.95. The molecule has 4 aromatic rings. The first-order valence-corrected chi connectivity index (χ1v) is 13.1. The molecule has 39 heavy (non-hydrogen) atoms. The van der Waals surface area contributed by atoms with Crippen LogP contribution < -0.4 is 20.5 Å². The maximum absolute atomic E-state index is 13.8. The second-order valence-electron chi connectivity index (χ2n) is 8.18. The van der Waals surface area contributed by atoms with Crippen molar-refractivity contribution < 1.29 is 31.1 Å². The van der Waals surface area contributed by atoms with Crippen LogP contribution in [0.5, 0.6) is 5.75 Å². The highest BCUT2D eigenvalue weighted by molar-refractivity contribution is 7.89. The number of sulfonamides is 1. The Balaban J connectivity index is 1.45. The van der Waals surface area contributed by atoms with Gasteiger partial charge in [-0.05, 0) is 66.6 Å². The molecule has 3 aromatic carbocycles. The minimum atomic E-state index is -4.92. The van der Waals surface area contributed by atoms with Gasteiger partial charge in [-0.1, -0.05) is 29.8 Å². The summed E-state index contributed by atoms with van der Waals surface area (Å²) in [5, 5.41) is 6.25. The average Bonchev–Trinajstić information content (AvgIpc) is 3.30. The Labute approximate surface area is 226 Å². The van der Waals surface area contributed by atoms with E-state index in [0.29, 0.717) is 21.8 Å². The van der Waals surface area contributed by atoms with E-state index in [1.165, 1.54) is 42.5 Å². The van der Waals surface area contributed by atoms with E-state index in [1.54, 1.807) is 24.3 Å². The lowest BCUT2D eigenvalue weighted by Gasteiger charge is -2.13. The molecule has 0 saturated carbocycles. The van der Waals surface area contributed by atoms with Gasteiger partial charge in [0.15, 0.2) is 11.4 Å². The number of halogens is 4. The van der Waals surface area contributed by atoms with Gasteiger partial charge in [0.1, 0.15) is 0 Å². The van der Waals surface area contributed by atoms with Crippen molar-refractivity contribution in [3.05, 3.63) is 95.3 Å². The summed E-state index contributed by atoms with van der Waals surface area (Å²) < 4.78 is 74.8. The summed E-state index contributed by atoms with van der Waals surface area (Å²) in [6.07, 6.45) is -5.03. The predicted molar refractivity (Wildman–Crippen MR) is 139 cm³/mol. The van der Waals surface area contributed by atoms with Crippen molar-refractivity contribution in [3.8, 4) is 11.4 Å². The normalized spacial score (nSPS) is 11.8. The lowest BCUT2D eigenvalue weighted by Crippen LogP contribution is -2.26. The predicted octanol–water partition coefficient (Wildman–Crippen LogP) is 5.26. The van der Waals surface area contributed by atoms with E-state index in [9.17, 15) is 26.4 Å². The van der Waals surface area contributed by atoms with E-state index in [-0.39, 0.29) is 22.8 Å². The van der Waals surface area contributed by atoms with Crippen LogP contribution in [0.1, 0.15) is 11.3 Å². The number of anilines is 2. The molecule has 4 N–H and O–H groups in total. The molecule has 0 radical (unpaired) electrons. The first-order valence-electron chi connectivity index (χ1n) is 11.3. The van der Waals surface area contributed by atoms with Crippen molar-refractivity contribution in [1.29, 1.82) is 0 Å². The number of hydrogen-bond acceptors (Lipinski definition) is 6. The van der Waals surface area contributed by atoms with E-state index in [4.69, 9.17) is 22.1 Å². The van der Waals surface area contributed by atoms with Gasteiger partial charge in [0.25, 0.3) is 0 Å². The molecule has 1 heterocycles. The molecule has 0 fully saturated rings. The van der Waals surface area contributed by atoms with Gasteiger partial charge in [-0.2, -0.15) is 18.3 Å². The third-order valence-electron chi connectivity index (χ3n) is 5.35. The molecule has 14 heteroatoms. The number of nitrogens with zero attached hydrogens (tertiary/aromatic N) is 2. The van der Waals surface area contributed by atoms with E-state index in [2.05, 4.69) is 15.1 Å². The smallest absolute Gasteiger partial charge is 0.406 e. The van der Waals surface area contributed by atoms with Crippen LogP contribution in [-0.4, -0.2) is 30.8 Å². The first-order chi connectivity index (χ1) is 18.4. The summed E-state index contributed by atoms with van der Waals surface area (Å²) in [5.41, 5.74) is 5.82. The van der Waals surface area contributed by atoms with Crippen molar-refractivity contribution >= 4 is 39.1 Å². The molecule has 0 unspecified atom stereocenters. The number of aromatic nitrogens is 2. The Morgan fingerprint density at radius 1 is 1.05 bits per heavy atom. The van der Waals surface area contributed by atoms with Crippen molar-refractivity contribution in [2.45, 2.75) is 17.5 Å². The second kappa shape index (κ2) is 11.4. The third kappa shape index (κ3) is 7.07. The van der Waals surface area contributed by atoms with Crippen molar-refractivity contribution in [1.82, 2.24) is 14.5 Å². The molecule has 0 aliphatic heterocycles. The van der Waals surface area contributed by atoms with Crippen LogP contribution >= 0.6 is 11.6 Å². The molecule has 1 aromatic heterocycles. The highest BCUT2D eigenvalue weighted by Crippen LogP contribution is 2.38.